The molecule has 106 valence electrons. The van der Waals surface area contributed by atoms with Gasteiger partial charge in [-0.3, -0.25) is 0 Å². The zero-order valence-electron chi connectivity index (χ0n) is 11.3. The first-order chi connectivity index (χ1) is 9.13. The van der Waals surface area contributed by atoms with E-state index in [0.29, 0.717) is 13.0 Å². The van der Waals surface area contributed by atoms with Gasteiger partial charge in [-0.25, -0.2) is 4.79 Å². The first-order valence-electron chi connectivity index (χ1n) is 6.75. The number of aromatic hydroxyl groups is 1. The van der Waals surface area contributed by atoms with Gasteiger partial charge in [0.1, 0.15) is 5.75 Å². The molecule has 1 atom stereocenters. The lowest BCUT2D eigenvalue weighted by molar-refractivity contribution is -0.150. The Morgan fingerprint density at radius 3 is 2.47 bits per heavy atom. The number of carbonyl (C=O) groups is 1. The molecule has 0 radical (unpaired) electrons. The van der Waals surface area contributed by atoms with Gasteiger partial charge in [-0.1, -0.05) is 38.3 Å². The molecule has 0 aliphatic carbocycles. The Kier molecular flexibility index (Phi) is 6.97. The predicted octanol–water partition coefficient (Wildman–Crippen LogP) is 2.98. The van der Waals surface area contributed by atoms with Crippen molar-refractivity contribution in [1.29, 1.82) is 0 Å². The quantitative estimate of drug-likeness (QED) is 0.674. The molecule has 0 bridgehead atoms. The number of phenols is 1. The van der Waals surface area contributed by atoms with E-state index in [1.165, 1.54) is 0 Å². The van der Waals surface area contributed by atoms with E-state index in [1.54, 1.807) is 24.3 Å². The summed E-state index contributed by atoms with van der Waals surface area (Å²) < 4.78 is 5.42. The molecule has 4 heteroatoms. The fourth-order valence-corrected chi connectivity index (χ4v) is 1.82. The number of rotatable bonds is 9. The zero-order valence-corrected chi connectivity index (χ0v) is 11.3. The third kappa shape index (κ3) is 6.25. The Labute approximate surface area is 114 Å². The summed E-state index contributed by atoms with van der Waals surface area (Å²) in [7, 11) is 0. The van der Waals surface area contributed by atoms with Gasteiger partial charge in [0.2, 0.25) is 0 Å². The van der Waals surface area contributed by atoms with Crippen LogP contribution in [-0.4, -0.2) is 28.9 Å². The Balaban J connectivity index is 2.40. The number of phenolic OH excluding ortho intramolecular Hbond substituents is 1. The number of hydrogen-bond acceptors (Lipinski definition) is 3. The van der Waals surface area contributed by atoms with E-state index in [0.717, 1.165) is 31.2 Å². The van der Waals surface area contributed by atoms with E-state index in [2.05, 4.69) is 6.92 Å². The van der Waals surface area contributed by atoms with Crippen molar-refractivity contribution in [2.24, 2.45) is 0 Å². The smallest absolute Gasteiger partial charge is 0.333 e. The minimum absolute atomic E-state index is 0.177. The van der Waals surface area contributed by atoms with Gasteiger partial charge in [-0.2, -0.15) is 0 Å². The average molecular weight is 266 g/mol. The second kappa shape index (κ2) is 8.53. The molecule has 0 saturated carbocycles. The summed E-state index contributed by atoms with van der Waals surface area (Å²) in [6, 6.07) is 6.53. The van der Waals surface area contributed by atoms with E-state index in [4.69, 9.17) is 9.84 Å². The molecule has 1 rings (SSSR count). The van der Waals surface area contributed by atoms with Crippen LogP contribution in [0.3, 0.4) is 0 Å². The number of unbranched alkanes of at least 4 members (excludes halogenated alkanes) is 3. The molecule has 2 N–H and O–H groups in total. The van der Waals surface area contributed by atoms with Crippen LogP contribution in [0.4, 0.5) is 0 Å². The summed E-state index contributed by atoms with van der Waals surface area (Å²) in [5, 5.41) is 18.3. The number of aliphatic carboxylic acids is 1. The first kappa shape index (κ1) is 15.5. The van der Waals surface area contributed by atoms with Gasteiger partial charge in [0.05, 0.1) is 0 Å². The third-order valence-corrected chi connectivity index (χ3v) is 2.95. The average Bonchev–Trinajstić information content (AvgIpc) is 2.39. The van der Waals surface area contributed by atoms with Gasteiger partial charge in [-0.15, -0.1) is 0 Å². The number of benzene rings is 1. The standard InChI is InChI=1S/C15H22O4/c1-2-3-4-5-10-19-14(15(17)18)11-12-6-8-13(16)9-7-12/h6-9,14,16H,2-5,10-11H2,1H3,(H,17,18). The highest BCUT2D eigenvalue weighted by molar-refractivity contribution is 5.72. The topological polar surface area (TPSA) is 66.8 Å². The molecule has 0 heterocycles. The Morgan fingerprint density at radius 1 is 1.21 bits per heavy atom. The molecule has 4 nitrogen and oxygen atoms in total. The summed E-state index contributed by atoms with van der Waals surface area (Å²) in [4.78, 5) is 11.1. The van der Waals surface area contributed by atoms with Crippen LogP contribution in [0.1, 0.15) is 38.2 Å². The summed E-state index contributed by atoms with van der Waals surface area (Å²) in [5.41, 5.74) is 0.846. The number of carboxylic acids is 1. The minimum Gasteiger partial charge on any atom is -0.508 e. The lowest BCUT2D eigenvalue weighted by Crippen LogP contribution is -2.26. The maximum absolute atomic E-state index is 11.1. The molecule has 19 heavy (non-hydrogen) atoms. The normalized spacial score (nSPS) is 12.3. The number of carboxylic acid groups (broad SMARTS) is 1. The van der Waals surface area contributed by atoms with Crippen LogP contribution in [0.5, 0.6) is 5.75 Å². The van der Waals surface area contributed by atoms with Crippen molar-refractivity contribution >= 4 is 5.97 Å². The Bertz CT molecular complexity index is 372. The second-order valence-corrected chi connectivity index (χ2v) is 4.63. The molecular formula is C15H22O4. The highest BCUT2D eigenvalue weighted by Crippen LogP contribution is 2.13. The van der Waals surface area contributed by atoms with Crippen molar-refractivity contribution < 1.29 is 19.7 Å². The fourth-order valence-electron chi connectivity index (χ4n) is 1.82. The largest absolute Gasteiger partial charge is 0.508 e. The number of ether oxygens (including phenoxy) is 1. The summed E-state index contributed by atoms with van der Waals surface area (Å²) in [6.07, 6.45) is 3.78. The molecule has 1 aromatic rings. The Hall–Kier alpha value is -1.55. The van der Waals surface area contributed by atoms with Crippen molar-refractivity contribution in [3.05, 3.63) is 29.8 Å². The van der Waals surface area contributed by atoms with Crippen molar-refractivity contribution in [2.45, 2.75) is 45.1 Å². The maximum atomic E-state index is 11.1. The van der Waals surface area contributed by atoms with Crippen LogP contribution < -0.4 is 0 Å². The SMILES string of the molecule is CCCCCCOC(Cc1ccc(O)cc1)C(=O)O. The van der Waals surface area contributed by atoms with E-state index < -0.39 is 12.1 Å². The van der Waals surface area contributed by atoms with Gasteiger partial charge >= 0.3 is 5.97 Å². The van der Waals surface area contributed by atoms with Gasteiger partial charge in [-0.05, 0) is 24.1 Å². The first-order valence-corrected chi connectivity index (χ1v) is 6.75. The summed E-state index contributed by atoms with van der Waals surface area (Å²) in [5.74, 6) is -0.764. The van der Waals surface area contributed by atoms with E-state index in [1.807, 2.05) is 0 Å². The van der Waals surface area contributed by atoms with E-state index in [9.17, 15) is 9.90 Å². The maximum Gasteiger partial charge on any atom is 0.333 e. The molecule has 0 aromatic heterocycles. The van der Waals surface area contributed by atoms with E-state index in [-0.39, 0.29) is 5.75 Å². The lowest BCUT2D eigenvalue weighted by Gasteiger charge is -2.13. The monoisotopic (exact) mass is 266 g/mol. The summed E-state index contributed by atoms with van der Waals surface area (Å²) >= 11 is 0. The Morgan fingerprint density at radius 2 is 1.89 bits per heavy atom. The van der Waals surface area contributed by atoms with Crippen LogP contribution in [-0.2, 0) is 16.0 Å². The molecule has 1 aromatic carbocycles. The van der Waals surface area contributed by atoms with Crippen LogP contribution in [0.25, 0.3) is 0 Å². The minimum atomic E-state index is -0.941. The van der Waals surface area contributed by atoms with Crippen molar-refractivity contribution in [3.63, 3.8) is 0 Å². The molecule has 0 aliphatic heterocycles. The van der Waals surface area contributed by atoms with Crippen molar-refractivity contribution in [3.8, 4) is 5.75 Å². The highest BCUT2D eigenvalue weighted by atomic mass is 16.5. The van der Waals surface area contributed by atoms with Crippen molar-refractivity contribution in [1.82, 2.24) is 0 Å². The van der Waals surface area contributed by atoms with Gasteiger partial charge in [0, 0.05) is 13.0 Å². The van der Waals surface area contributed by atoms with Crippen molar-refractivity contribution in [2.75, 3.05) is 6.61 Å². The molecule has 0 saturated heterocycles. The molecule has 0 amide bonds. The lowest BCUT2D eigenvalue weighted by atomic mass is 10.1. The fraction of sp³-hybridized carbons (Fsp3) is 0.533. The van der Waals surface area contributed by atoms with Gasteiger partial charge < -0.3 is 14.9 Å². The van der Waals surface area contributed by atoms with Crippen LogP contribution >= 0.6 is 0 Å². The molecule has 1 unspecified atom stereocenters. The van der Waals surface area contributed by atoms with E-state index >= 15 is 0 Å². The van der Waals surface area contributed by atoms with Crippen LogP contribution in [0, 0.1) is 0 Å². The second-order valence-electron chi connectivity index (χ2n) is 4.63. The van der Waals surface area contributed by atoms with Gasteiger partial charge in [0.15, 0.2) is 6.10 Å². The van der Waals surface area contributed by atoms with Gasteiger partial charge in [0.25, 0.3) is 0 Å². The van der Waals surface area contributed by atoms with Crippen LogP contribution in [0.2, 0.25) is 0 Å². The zero-order chi connectivity index (χ0) is 14.1. The molecule has 0 fully saturated rings. The highest BCUT2D eigenvalue weighted by Gasteiger charge is 2.18. The third-order valence-electron chi connectivity index (χ3n) is 2.95. The molecular weight excluding hydrogens is 244 g/mol. The van der Waals surface area contributed by atoms with Crippen LogP contribution in [0.15, 0.2) is 24.3 Å². The molecule has 0 spiro atoms. The number of hydrogen-bond donors (Lipinski definition) is 2. The molecule has 0 aliphatic rings. The summed E-state index contributed by atoms with van der Waals surface area (Å²) in [6.45, 7) is 2.61. The predicted molar refractivity (Wildman–Crippen MR) is 73.3 cm³/mol.